The summed E-state index contributed by atoms with van der Waals surface area (Å²) in [5.41, 5.74) is 3.87. The Morgan fingerprint density at radius 1 is 0.951 bits per heavy atom. The van der Waals surface area contributed by atoms with Crippen LogP contribution in [0.1, 0.15) is 22.0 Å². The fourth-order valence-electron chi connectivity index (χ4n) is 4.73. The first kappa shape index (κ1) is 27.0. The first-order valence-electron chi connectivity index (χ1n) is 13.1. The van der Waals surface area contributed by atoms with E-state index in [1.165, 1.54) is 0 Å². The van der Waals surface area contributed by atoms with Gasteiger partial charge >= 0.3 is 0 Å². The van der Waals surface area contributed by atoms with Crippen molar-refractivity contribution in [3.8, 4) is 22.9 Å². The minimum atomic E-state index is -0.409. The zero-order valence-electron chi connectivity index (χ0n) is 21.9. The molecular weight excluding hydrogens is 563 g/mol. The Kier molecular flexibility index (Phi) is 8.00. The Balaban J connectivity index is 1.17. The highest BCUT2D eigenvalue weighted by Crippen LogP contribution is 2.29. The van der Waals surface area contributed by atoms with Crippen LogP contribution in [-0.4, -0.2) is 52.0 Å². The quantitative estimate of drug-likeness (QED) is 0.240. The van der Waals surface area contributed by atoms with Gasteiger partial charge < -0.3 is 23.9 Å². The number of hydrogen-bond donors (Lipinski definition) is 1. The number of imidazole rings is 1. The molecule has 1 N–H and O–H groups in total. The molecule has 208 valence electrons. The number of carbonyl (C=O) groups excluding carboxylic acids is 1. The van der Waals surface area contributed by atoms with E-state index in [4.69, 9.17) is 32.4 Å². The van der Waals surface area contributed by atoms with Gasteiger partial charge in [0.25, 0.3) is 5.91 Å². The molecule has 1 atom stereocenters. The number of carbonyl (C=O) groups is 1. The molecule has 9 nitrogen and oxygen atoms in total. The molecule has 1 amide bonds. The monoisotopic (exact) mass is 588 g/mol. The number of anilines is 1. The summed E-state index contributed by atoms with van der Waals surface area (Å²) < 4.78 is 13.3. The van der Waals surface area contributed by atoms with Gasteiger partial charge in [0.1, 0.15) is 0 Å². The topological polar surface area (TPSA) is 98.3 Å². The van der Waals surface area contributed by atoms with Crippen molar-refractivity contribution in [3.63, 3.8) is 0 Å². The van der Waals surface area contributed by atoms with Gasteiger partial charge in [-0.2, -0.15) is 0 Å². The number of rotatable bonds is 8. The third-order valence-electron chi connectivity index (χ3n) is 6.88. The summed E-state index contributed by atoms with van der Waals surface area (Å²) >= 11 is 12.6. The number of nitrogens with one attached hydrogen (secondary N) is 1. The van der Waals surface area contributed by atoms with E-state index in [9.17, 15) is 4.79 Å². The number of hydrogen-bond acceptors (Lipinski definition) is 7. The van der Waals surface area contributed by atoms with Crippen LogP contribution in [0.4, 0.5) is 5.69 Å². The summed E-state index contributed by atoms with van der Waals surface area (Å²) in [6, 6.07) is 19.9. The van der Waals surface area contributed by atoms with Crippen molar-refractivity contribution in [2.24, 2.45) is 0 Å². The molecule has 0 bridgehead atoms. The number of ether oxygens (including phenoxy) is 1. The molecule has 0 radical (unpaired) electrons. The van der Waals surface area contributed by atoms with Crippen molar-refractivity contribution < 1.29 is 13.9 Å². The van der Waals surface area contributed by atoms with Crippen LogP contribution in [-0.2, 0) is 11.3 Å². The maximum absolute atomic E-state index is 13.3. The predicted molar refractivity (Wildman–Crippen MR) is 157 cm³/mol. The van der Waals surface area contributed by atoms with Crippen LogP contribution in [0.15, 0.2) is 89.9 Å². The zero-order valence-corrected chi connectivity index (χ0v) is 23.4. The molecule has 5 aromatic rings. The molecule has 1 aliphatic heterocycles. The van der Waals surface area contributed by atoms with E-state index in [-0.39, 0.29) is 5.91 Å². The summed E-state index contributed by atoms with van der Waals surface area (Å²) in [6.45, 7) is 3.56. The van der Waals surface area contributed by atoms with Gasteiger partial charge in [-0.15, -0.1) is 10.2 Å². The summed E-state index contributed by atoms with van der Waals surface area (Å²) in [4.78, 5) is 19.6. The Bertz CT molecular complexity index is 1630. The van der Waals surface area contributed by atoms with Crippen LogP contribution in [0.2, 0.25) is 10.0 Å². The van der Waals surface area contributed by atoms with Crippen LogP contribution in [0, 0.1) is 0 Å². The minimum Gasteiger partial charge on any atom is -0.416 e. The first-order chi connectivity index (χ1) is 20.0. The van der Waals surface area contributed by atoms with E-state index in [2.05, 4.69) is 31.5 Å². The molecule has 3 aromatic carbocycles. The van der Waals surface area contributed by atoms with Gasteiger partial charge in [-0.3, -0.25) is 4.79 Å². The second kappa shape index (κ2) is 12.1. The van der Waals surface area contributed by atoms with Gasteiger partial charge in [0, 0.05) is 64.5 Å². The van der Waals surface area contributed by atoms with Crippen molar-refractivity contribution in [1.29, 1.82) is 0 Å². The highest BCUT2D eigenvalue weighted by molar-refractivity contribution is 6.35. The van der Waals surface area contributed by atoms with E-state index in [0.29, 0.717) is 52.7 Å². The van der Waals surface area contributed by atoms with Crippen LogP contribution in [0.5, 0.6) is 0 Å². The summed E-state index contributed by atoms with van der Waals surface area (Å²) in [6.07, 6.45) is 5.20. The van der Waals surface area contributed by atoms with Gasteiger partial charge in [-0.1, -0.05) is 35.3 Å². The lowest BCUT2D eigenvalue weighted by molar-refractivity contribution is 0.0932. The molecule has 1 aliphatic rings. The Morgan fingerprint density at radius 2 is 1.73 bits per heavy atom. The average molecular weight is 589 g/mol. The van der Waals surface area contributed by atoms with Crippen LogP contribution in [0.25, 0.3) is 22.9 Å². The number of halogens is 2. The zero-order chi connectivity index (χ0) is 28.2. The van der Waals surface area contributed by atoms with Crippen LogP contribution in [0.3, 0.4) is 0 Å². The fourth-order valence-corrected chi connectivity index (χ4v) is 5.27. The third-order valence-corrected chi connectivity index (χ3v) is 7.45. The normalized spacial score (nSPS) is 14.1. The van der Waals surface area contributed by atoms with Gasteiger partial charge in [-0.05, 0) is 60.2 Å². The summed E-state index contributed by atoms with van der Waals surface area (Å²) in [5.74, 6) is 0.549. The molecule has 0 saturated carbocycles. The number of benzene rings is 3. The van der Waals surface area contributed by atoms with Crippen molar-refractivity contribution >= 4 is 34.8 Å². The molecule has 0 spiro atoms. The number of morpholine rings is 1. The highest BCUT2D eigenvalue weighted by Gasteiger charge is 2.20. The molecule has 3 heterocycles. The molecule has 0 aliphatic carbocycles. The van der Waals surface area contributed by atoms with E-state index in [1.54, 1.807) is 48.9 Å². The van der Waals surface area contributed by atoms with Crippen molar-refractivity contribution in [2.75, 3.05) is 31.2 Å². The lowest BCUT2D eigenvalue weighted by atomic mass is 10.1. The van der Waals surface area contributed by atoms with E-state index >= 15 is 0 Å². The minimum absolute atomic E-state index is 0.251. The van der Waals surface area contributed by atoms with Crippen molar-refractivity contribution in [1.82, 2.24) is 25.1 Å². The summed E-state index contributed by atoms with van der Waals surface area (Å²) in [5, 5.41) is 12.6. The Hall–Kier alpha value is -4.18. The molecule has 6 rings (SSSR count). The van der Waals surface area contributed by atoms with Crippen LogP contribution < -0.4 is 10.2 Å². The molecule has 1 fully saturated rings. The molecular formula is C30H26Cl2N6O3. The van der Waals surface area contributed by atoms with E-state index in [0.717, 1.165) is 29.9 Å². The van der Waals surface area contributed by atoms with E-state index in [1.807, 2.05) is 35.0 Å². The van der Waals surface area contributed by atoms with Gasteiger partial charge in [0.15, 0.2) is 0 Å². The average Bonchev–Trinajstić information content (AvgIpc) is 3.71. The molecule has 11 heteroatoms. The Labute approximate surface area is 246 Å². The standard InChI is InChI=1S/C30H26Cl2N6O3/c31-23-8-9-25(26(32)17-23)27(18-37-11-10-33-19-37)34-28(39)20-4-6-21(7-5-20)29-35-36-30(41-29)22-2-1-3-24(16-22)38-12-14-40-15-13-38/h1-11,16-17,19,27H,12-15,18H2,(H,34,39)/t27-/m0/s1. The number of aromatic nitrogens is 4. The lowest BCUT2D eigenvalue weighted by Gasteiger charge is -2.29. The van der Waals surface area contributed by atoms with Crippen molar-refractivity contribution in [2.45, 2.75) is 12.6 Å². The molecule has 1 saturated heterocycles. The first-order valence-corrected chi connectivity index (χ1v) is 13.9. The van der Waals surface area contributed by atoms with Gasteiger partial charge in [0.2, 0.25) is 11.8 Å². The SMILES string of the molecule is O=C(N[C@@H](Cn1ccnc1)c1ccc(Cl)cc1Cl)c1ccc(-c2nnc(-c3cccc(N4CCOCC4)c3)o2)cc1. The second-order valence-corrected chi connectivity index (χ2v) is 10.4. The highest BCUT2D eigenvalue weighted by atomic mass is 35.5. The largest absolute Gasteiger partial charge is 0.416 e. The maximum Gasteiger partial charge on any atom is 0.251 e. The number of nitrogens with zero attached hydrogens (tertiary/aromatic N) is 5. The molecule has 2 aromatic heterocycles. The van der Waals surface area contributed by atoms with Gasteiger partial charge in [-0.25, -0.2) is 4.98 Å². The number of amides is 1. The third kappa shape index (κ3) is 6.27. The molecule has 41 heavy (non-hydrogen) atoms. The van der Waals surface area contributed by atoms with Crippen LogP contribution >= 0.6 is 23.2 Å². The smallest absolute Gasteiger partial charge is 0.251 e. The summed E-state index contributed by atoms with van der Waals surface area (Å²) in [7, 11) is 0. The van der Waals surface area contributed by atoms with E-state index < -0.39 is 6.04 Å². The predicted octanol–water partition coefficient (Wildman–Crippen LogP) is 5.91. The molecule has 0 unspecified atom stereocenters. The Morgan fingerprint density at radius 3 is 2.46 bits per heavy atom. The van der Waals surface area contributed by atoms with Crippen molar-refractivity contribution in [3.05, 3.63) is 107 Å². The fraction of sp³-hybridized carbons (Fsp3) is 0.200. The maximum atomic E-state index is 13.3. The van der Waals surface area contributed by atoms with Gasteiger partial charge in [0.05, 0.1) is 25.6 Å². The lowest BCUT2D eigenvalue weighted by Crippen LogP contribution is -2.36. The second-order valence-electron chi connectivity index (χ2n) is 9.59.